The molecule has 0 radical (unpaired) electrons. The van der Waals surface area contributed by atoms with Crippen molar-refractivity contribution in [2.24, 2.45) is 0 Å². The number of para-hydroxylation sites is 2. The lowest BCUT2D eigenvalue weighted by Crippen LogP contribution is -2.44. The topological polar surface area (TPSA) is 84.5 Å². The Morgan fingerprint density at radius 3 is 2.77 bits per heavy atom. The van der Waals surface area contributed by atoms with Crippen LogP contribution in [0.4, 0.5) is 5.69 Å². The first-order valence-corrected chi connectivity index (χ1v) is 10.9. The number of aromatic nitrogens is 1. The number of rotatable bonds is 5. The quantitative estimate of drug-likeness (QED) is 0.679. The number of oxazole rings is 1. The first kappa shape index (κ1) is 20.3. The van der Waals surface area contributed by atoms with Gasteiger partial charge in [-0.2, -0.15) is 0 Å². The molecule has 1 fully saturated rings. The molecule has 2 amide bonds. The number of nitrogens with one attached hydrogen (secondary N) is 1. The summed E-state index contributed by atoms with van der Waals surface area (Å²) >= 11 is 1.55. The van der Waals surface area contributed by atoms with Gasteiger partial charge in [-0.1, -0.05) is 18.2 Å². The van der Waals surface area contributed by atoms with Gasteiger partial charge >= 0.3 is 5.76 Å². The molecule has 1 aliphatic heterocycles. The minimum absolute atomic E-state index is 0.122. The molecule has 0 saturated carbocycles. The molecule has 0 aliphatic carbocycles. The molecule has 3 aromatic rings. The van der Waals surface area contributed by atoms with Crippen LogP contribution in [-0.2, 0) is 16.1 Å². The van der Waals surface area contributed by atoms with E-state index in [-0.39, 0.29) is 24.8 Å². The van der Waals surface area contributed by atoms with E-state index < -0.39 is 11.8 Å². The van der Waals surface area contributed by atoms with Crippen molar-refractivity contribution in [3.05, 3.63) is 64.1 Å². The Hall–Kier alpha value is -3.00. The van der Waals surface area contributed by atoms with Crippen LogP contribution in [0.2, 0.25) is 0 Å². The fraction of sp³-hybridized carbons (Fsp3) is 0.318. The largest absolute Gasteiger partial charge is 0.419 e. The van der Waals surface area contributed by atoms with Crippen molar-refractivity contribution in [2.75, 3.05) is 16.9 Å². The summed E-state index contributed by atoms with van der Waals surface area (Å²) in [6.07, 6.45) is 0.122. The Bertz CT molecular complexity index is 1170. The molecule has 0 bridgehead atoms. The van der Waals surface area contributed by atoms with Gasteiger partial charge in [0.25, 0.3) is 0 Å². The average molecular weight is 426 g/mol. The standard InChI is InChI=1S/C22H23N3O4S/c1-14-7-8-16(11-15(14)2)23-21(27)18-12-30-13-25(18)20(26)9-10-24-17-5-3-4-6-19(17)29-22(24)28/h3-8,11,18H,9-10,12-13H2,1-2H3,(H,23,27). The zero-order chi connectivity index (χ0) is 21.3. The third-order valence-corrected chi connectivity index (χ3v) is 6.41. The van der Waals surface area contributed by atoms with E-state index in [0.29, 0.717) is 22.7 Å². The highest BCUT2D eigenvalue weighted by Crippen LogP contribution is 2.24. The first-order valence-electron chi connectivity index (χ1n) is 9.78. The summed E-state index contributed by atoms with van der Waals surface area (Å²) in [5.74, 6) is 0.186. The summed E-state index contributed by atoms with van der Waals surface area (Å²) in [5.41, 5.74) is 4.14. The molecule has 1 aromatic heterocycles. The second-order valence-corrected chi connectivity index (χ2v) is 8.40. The van der Waals surface area contributed by atoms with Gasteiger partial charge in [-0.05, 0) is 49.2 Å². The van der Waals surface area contributed by atoms with E-state index in [4.69, 9.17) is 4.42 Å². The van der Waals surface area contributed by atoms with Crippen LogP contribution in [0, 0.1) is 13.8 Å². The van der Waals surface area contributed by atoms with E-state index in [0.717, 1.165) is 16.8 Å². The monoisotopic (exact) mass is 425 g/mol. The van der Waals surface area contributed by atoms with Gasteiger partial charge in [0, 0.05) is 24.4 Å². The van der Waals surface area contributed by atoms with Crippen LogP contribution in [0.15, 0.2) is 51.7 Å². The van der Waals surface area contributed by atoms with E-state index in [2.05, 4.69) is 5.32 Å². The predicted octanol–water partition coefficient (Wildman–Crippen LogP) is 3.14. The summed E-state index contributed by atoms with van der Waals surface area (Å²) < 4.78 is 6.67. The molecule has 7 nitrogen and oxygen atoms in total. The summed E-state index contributed by atoms with van der Waals surface area (Å²) in [7, 11) is 0. The number of anilines is 1. The van der Waals surface area contributed by atoms with Crippen LogP contribution < -0.4 is 11.1 Å². The van der Waals surface area contributed by atoms with Crippen LogP contribution in [0.3, 0.4) is 0 Å². The molecule has 1 N–H and O–H groups in total. The maximum Gasteiger partial charge on any atom is 0.419 e. The normalized spacial score (nSPS) is 16.2. The van der Waals surface area contributed by atoms with Crippen LogP contribution in [0.25, 0.3) is 11.1 Å². The van der Waals surface area contributed by atoms with Crippen molar-refractivity contribution < 1.29 is 14.0 Å². The molecule has 30 heavy (non-hydrogen) atoms. The van der Waals surface area contributed by atoms with Crippen LogP contribution in [-0.4, -0.2) is 39.0 Å². The summed E-state index contributed by atoms with van der Waals surface area (Å²) in [4.78, 5) is 39.3. The van der Waals surface area contributed by atoms with Gasteiger partial charge < -0.3 is 14.6 Å². The summed E-state index contributed by atoms with van der Waals surface area (Å²) in [5, 5.41) is 2.92. The van der Waals surface area contributed by atoms with Gasteiger partial charge in [-0.3, -0.25) is 14.2 Å². The van der Waals surface area contributed by atoms with Crippen LogP contribution in [0.5, 0.6) is 0 Å². The van der Waals surface area contributed by atoms with Crippen LogP contribution in [0.1, 0.15) is 17.5 Å². The number of carbonyl (C=O) groups excluding carboxylic acids is 2. The molecule has 1 unspecified atom stereocenters. The van der Waals surface area contributed by atoms with Gasteiger partial charge in [-0.25, -0.2) is 4.79 Å². The van der Waals surface area contributed by atoms with Gasteiger partial charge in [0.05, 0.1) is 11.4 Å². The smallest absolute Gasteiger partial charge is 0.408 e. The number of aryl methyl sites for hydroxylation is 3. The first-order chi connectivity index (χ1) is 14.4. The number of fused-ring (bicyclic) bond motifs is 1. The molecule has 1 atom stereocenters. The maximum atomic E-state index is 12.8. The zero-order valence-electron chi connectivity index (χ0n) is 16.9. The fourth-order valence-corrected chi connectivity index (χ4v) is 4.71. The summed E-state index contributed by atoms with van der Waals surface area (Å²) in [6, 6.07) is 12.4. The second-order valence-electron chi connectivity index (χ2n) is 7.40. The van der Waals surface area contributed by atoms with Crippen molar-refractivity contribution in [1.29, 1.82) is 0 Å². The van der Waals surface area contributed by atoms with Crippen molar-refractivity contribution >= 4 is 40.4 Å². The molecule has 4 rings (SSSR count). The maximum absolute atomic E-state index is 12.8. The van der Waals surface area contributed by atoms with Crippen molar-refractivity contribution in [3.8, 4) is 0 Å². The molecule has 1 aliphatic rings. The number of thioether (sulfide) groups is 1. The van der Waals surface area contributed by atoms with E-state index in [1.165, 1.54) is 4.57 Å². The second kappa shape index (κ2) is 8.39. The minimum atomic E-state index is -0.526. The van der Waals surface area contributed by atoms with E-state index in [1.54, 1.807) is 34.9 Å². The number of hydrogen-bond acceptors (Lipinski definition) is 5. The fourth-order valence-electron chi connectivity index (χ4n) is 3.53. The molecular weight excluding hydrogens is 402 g/mol. The van der Waals surface area contributed by atoms with Gasteiger partial charge in [0.1, 0.15) is 6.04 Å². The molecule has 156 valence electrons. The molecule has 1 saturated heterocycles. The van der Waals surface area contributed by atoms with Crippen molar-refractivity contribution in [1.82, 2.24) is 9.47 Å². The predicted molar refractivity (Wildman–Crippen MR) is 118 cm³/mol. The average Bonchev–Trinajstić information content (AvgIpc) is 3.33. The lowest BCUT2D eigenvalue weighted by molar-refractivity contribution is -0.136. The highest BCUT2D eigenvalue weighted by molar-refractivity contribution is 7.99. The molecule has 0 spiro atoms. The number of hydrogen-bond donors (Lipinski definition) is 1. The van der Waals surface area contributed by atoms with E-state index in [1.807, 2.05) is 38.1 Å². The lowest BCUT2D eigenvalue weighted by Gasteiger charge is -2.23. The van der Waals surface area contributed by atoms with Crippen LogP contribution >= 0.6 is 11.8 Å². The number of amides is 2. The lowest BCUT2D eigenvalue weighted by atomic mass is 10.1. The summed E-state index contributed by atoms with van der Waals surface area (Å²) in [6.45, 7) is 4.22. The van der Waals surface area contributed by atoms with E-state index in [9.17, 15) is 14.4 Å². The zero-order valence-corrected chi connectivity index (χ0v) is 17.7. The van der Waals surface area contributed by atoms with Crippen molar-refractivity contribution in [3.63, 3.8) is 0 Å². The highest BCUT2D eigenvalue weighted by atomic mass is 32.2. The molecular formula is C22H23N3O4S. The Morgan fingerprint density at radius 2 is 1.97 bits per heavy atom. The van der Waals surface area contributed by atoms with Crippen molar-refractivity contribution in [2.45, 2.75) is 32.9 Å². The number of carbonyl (C=O) groups is 2. The highest BCUT2D eigenvalue weighted by Gasteiger charge is 2.34. The molecule has 8 heteroatoms. The third kappa shape index (κ3) is 4.00. The van der Waals surface area contributed by atoms with Gasteiger partial charge in [0.2, 0.25) is 11.8 Å². The van der Waals surface area contributed by atoms with Gasteiger partial charge in [-0.15, -0.1) is 11.8 Å². The molecule has 2 aromatic carbocycles. The minimum Gasteiger partial charge on any atom is -0.408 e. The Morgan fingerprint density at radius 1 is 1.17 bits per heavy atom. The SMILES string of the molecule is Cc1ccc(NC(=O)C2CSCN2C(=O)CCn2c(=O)oc3ccccc32)cc1C. The third-order valence-electron chi connectivity index (χ3n) is 5.40. The van der Waals surface area contributed by atoms with E-state index >= 15 is 0 Å². The Labute approximate surface area is 178 Å². The number of nitrogens with zero attached hydrogens (tertiary/aromatic N) is 2. The van der Waals surface area contributed by atoms with Gasteiger partial charge in [0.15, 0.2) is 5.58 Å². The Kier molecular flexibility index (Phi) is 5.67. The molecule has 2 heterocycles. The number of benzene rings is 2. The Balaban J connectivity index is 1.43.